The molecule has 7 rings (SSSR count). The molecule has 58 heavy (non-hydrogen) atoms. The van der Waals surface area contributed by atoms with Gasteiger partial charge in [-0.3, -0.25) is 24.8 Å². The molecule has 2 aliphatic rings. The Morgan fingerprint density at radius 2 is 1.71 bits per heavy atom. The van der Waals surface area contributed by atoms with Gasteiger partial charge in [-0.05, 0) is 83.5 Å². The SMILES string of the molecule is Cc1c(COc2cc(OCc3cncc(C#N)c3)c(CNC(CO)C(=O)O)cc2Cl)cccc1-c1cccc(-c2ccc(CN3CCC4(CNC(=O)C4)C3)cc2)c1C. The molecule has 0 saturated carbocycles. The minimum Gasteiger partial charge on any atom is -0.488 e. The highest BCUT2D eigenvalue weighted by Crippen LogP contribution is 2.39. The van der Waals surface area contributed by atoms with E-state index < -0.39 is 18.6 Å². The lowest BCUT2D eigenvalue weighted by atomic mass is 9.86. The number of aliphatic carboxylic acids is 1. The van der Waals surface area contributed by atoms with Crippen molar-refractivity contribution in [2.24, 2.45) is 5.41 Å². The first-order valence-corrected chi connectivity index (χ1v) is 19.7. The van der Waals surface area contributed by atoms with Crippen molar-refractivity contribution in [1.29, 1.82) is 5.26 Å². The van der Waals surface area contributed by atoms with Crippen LogP contribution in [0.1, 0.15) is 51.8 Å². The molecule has 0 radical (unpaired) electrons. The van der Waals surface area contributed by atoms with E-state index in [1.54, 1.807) is 24.4 Å². The Balaban J connectivity index is 1.07. The highest BCUT2D eigenvalue weighted by atomic mass is 35.5. The molecule has 4 aromatic carbocycles. The highest BCUT2D eigenvalue weighted by Gasteiger charge is 2.43. The van der Waals surface area contributed by atoms with Gasteiger partial charge in [0.25, 0.3) is 0 Å². The fourth-order valence-electron chi connectivity index (χ4n) is 7.99. The van der Waals surface area contributed by atoms with Gasteiger partial charge in [-0.25, -0.2) is 0 Å². The first kappa shape index (κ1) is 40.4. The second kappa shape index (κ2) is 17.8. The standard InChI is InChI=1S/C46H46ClN5O6/c1-29-35(26-58-43-17-42(57-25-33-15-32(19-48)20-49-21-33)36(16-40(43)47)22-50-41(24-53)45(55)56)5-3-7-38(29)39-8-4-6-37(30(39)2)34-11-9-31(10-12-34)23-52-14-13-46(28-52)18-44(54)51-27-46/h3-12,15-17,20-21,41,50,53H,13-14,18,22-28H2,1-2H3,(H,51,54)(H,55,56). The Bertz CT molecular complexity index is 2360. The van der Waals surface area contributed by atoms with Gasteiger partial charge in [0.05, 0.1) is 17.2 Å². The van der Waals surface area contributed by atoms with Crippen LogP contribution in [0.25, 0.3) is 22.3 Å². The molecule has 1 aromatic heterocycles. The summed E-state index contributed by atoms with van der Waals surface area (Å²) in [6.07, 6.45) is 4.76. The Morgan fingerprint density at radius 3 is 2.43 bits per heavy atom. The van der Waals surface area contributed by atoms with Crippen LogP contribution < -0.4 is 20.1 Å². The number of carboxylic acids is 1. The number of aliphatic hydroxyl groups is 1. The van der Waals surface area contributed by atoms with E-state index in [0.29, 0.717) is 39.6 Å². The number of hydrogen-bond donors (Lipinski definition) is 4. The van der Waals surface area contributed by atoms with Gasteiger partial charge in [0.15, 0.2) is 0 Å². The van der Waals surface area contributed by atoms with E-state index in [2.05, 4.69) is 89.0 Å². The summed E-state index contributed by atoms with van der Waals surface area (Å²) in [6, 6.07) is 27.3. The molecule has 298 valence electrons. The third-order valence-electron chi connectivity index (χ3n) is 11.3. The Morgan fingerprint density at radius 1 is 0.966 bits per heavy atom. The van der Waals surface area contributed by atoms with E-state index in [0.717, 1.165) is 60.4 Å². The van der Waals surface area contributed by atoms with E-state index in [-0.39, 0.29) is 31.1 Å². The molecule has 2 saturated heterocycles. The van der Waals surface area contributed by atoms with Crippen molar-refractivity contribution >= 4 is 23.5 Å². The molecule has 1 amide bonds. The maximum atomic E-state index is 11.9. The normalized spacial score (nSPS) is 16.9. The summed E-state index contributed by atoms with van der Waals surface area (Å²) in [5, 5.41) is 34.4. The van der Waals surface area contributed by atoms with Crippen molar-refractivity contribution in [2.45, 2.75) is 59.0 Å². The number of halogens is 1. The van der Waals surface area contributed by atoms with E-state index in [9.17, 15) is 25.1 Å². The zero-order chi connectivity index (χ0) is 40.8. The van der Waals surface area contributed by atoms with Crippen LogP contribution in [-0.4, -0.2) is 64.3 Å². The Hall–Kier alpha value is -5.77. The molecule has 0 aliphatic carbocycles. The van der Waals surface area contributed by atoms with Crippen molar-refractivity contribution in [3.05, 3.63) is 135 Å². The number of carbonyl (C=O) groups is 2. The van der Waals surface area contributed by atoms with Crippen LogP contribution in [-0.2, 0) is 35.9 Å². The number of amides is 1. The average molecular weight is 800 g/mol. The van der Waals surface area contributed by atoms with Gasteiger partial charge in [0, 0.05) is 67.6 Å². The summed E-state index contributed by atoms with van der Waals surface area (Å²) in [5.41, 5.74) is 10.8. The maximum absolute atomic E-state index is 11.9. The highest BCUT2D eigenvalue weighted by molar-refractivity contribution is 6.32. The number of benzene rings is 4. The molecule has 0 bridgehead atoms. The number of aliphatic hydroxyl groups excluding tert-OH is 1. The second-order valence-corrected chi connectivity index (χ2v) is 15.7. The van der Waals surface area contributed by atoms with Crippen LogP contribution in [0, 0.1) is 30.6 Å². The van der Waals surface area contributed by atoms with Gasteiger partial charge < -0.3 is 25.0 Å². The lowest BCUT2D eigenvalue weighted by Gasteiger charge is -2.22. The lowest BCUT2D eigenvalue weighted by Crippen LogP contribution is -2.39. The second-order valence-electron chi connectivity index (χ2n) is 15.3. The molecule has 3 heterocycles. The first-order chi connectivity index (χ1) is 28.0. The fourth-order valence-corrected chi connectivity index (χ4v) is 8.23. The zero-order valence-corrected chi connectivity index (χ0v) is 33.3. The first-order valence-electron chi connectivity index (χ1n) is 19.3. The molecule has 1 spiro atoms. The lowest BCUT2D eigenvalue weighted by molar-refractivity contribution is -0.140. The summed E-state index contributed by atoms with van der Waals surface area (Å²) in [6.45, 7) is 7.63. The number of likely N-dealkylation sites (tertiary alicyclic amines) is 1. The zero-order valence-electron chi connectivity index (χ0n) is 32.6. The van der Waals surface area contributed by atoms with Gasteiger partial charge >= 0.3 is 5.97 Å². The summed E-state index contributed by atoms with van der Waals surface area (Å²) in [7, 11) is 0. The molecule has 2 aliphatic heterocycles. The predicted molar refractivity (Wildman–Crippen MR) is 221 cm³/mol. The monoisotopic (exact) mass is 799 g/mol. The topological polar surface area (TPSA) is 157 Å². The van der Waals surface area contributed by atoms with Gasteiger partial charge in [0.2, 0.25) is 5.91 Å². The van der Waals surface area contributed by atoms with Gasteiger partial charge in [-0.2, -0.15) is 5.26 Å². The number of carboxylic acid groups (broad SMARTS) is 1. The molecule has 2 atom stereocenters. The molecule has 2 unspecified atom stereocenters. The van der Waals surface area contributed by atoms with Crippen molar-refractivity contribution < 1.29 is 29.3 Å². The smallest absolute Gasteiger partial charge is 0.323 e. The predicted octanol–water partition coefficient (Wildman–Crippen LogP) is 6.96. The summed E-state index contributed by atoms with van der Waals surface area (Å²) in [4.78, 5) is 30.0. The van der Waals surface area contributed by atoms with Crippen LogP contribution in [0.15, 0.2) is 91.3 Å². The molecule has 5 aromatic rings. The quantitative estimate of drug-likeness (QED) is 0.0873. The number of rotatable bonds is 15. The molecule has 12 heteroatoms. The van der Waals surface area contributed by atoms with E-state index >= 15 is 0 Å². The number of ether oxygens (including phenoxy) is 2. The summed E-state index contributed by atoms with van der Waals surface area (Å²) < 4.78 is 12.5. The van der Waals surface area contributed by atoms with Crippen LogP contribution in [0.3, 0.4) is 0 Å². The van der Waals surface area contributed by atoms with Crippen molar-refractivity contribution in [2.75, 3.05) is 26.2 Å². The minimum absolute atomic E-state index is 0.0500. The van der Waals surface area contributed by atoms with Crippen LogP contribution in [0.5, 0.6) is 11.5 Å². The van der Waals surface area contributed by atoms with Gasteiger partial charge in [-0.15, -0.1) is 0 Å². The molecular weight excluding hydrogens is 754 g/mol. The largest absolute Gasteiger partial charge is 0.488 e. The Kier molecular flexibility index (Phi) is 12.4. The molecule has 2 fully saturated rings. The average Bonchev–Trinajstić information content (AvgIpc) is 3.80. The number of pyridine rings is 1. The van der Waals surface area contributed by atoms with Crippen LogP contribution in [0.2, 0.25) is 5.02 Å². The van der Waals surface area contributed by atoms with E-state index in [4.69, 9.17) is 21.1 Å². The van der Waals surface area contributed by atoms with Crippen molar-refractivity contribution in [1.82, 2.24) is 20.5 Å². The van der Waals surface area contributed by atoms with Crippen LogP contribution >= 0.6 is 11.6 Å². The fraction of sp³-hybridized carbons (Fsp3) is 0.304. The van der Waals surface area contributed by atoms with Gasteiger partial charge in [0.1, 0.15) is 36.8 Å². The van der Waals surface area contributed by atoms with Crippen molar-refractivity contribution in [3.63, 3.8) is 0 Å². The van der Waals surface area contributed by atoms with Crippen molar-refractivity contribution in [3.8, 4) is 39.8 Å². The van der Waals surface area contributed by atoms with Crippen LogP contribution in [0.4, 0.5) is 0 Å². The number of nitriles is 1. The number of aromatic nitrogens is 1. The summed E-state index contributed by atoms with van der Waals surface area (Å²) in [5.74, 6) is -0.242. The number of carbonyl (C=O) groups excluding carboxylic acids is 1. The third-order valence-corrected chi connectivity index (χ3v) is 11.6. The Labute approximate surface area is 343 Å². The van der Waals surface area contributed by atoms with E-state index in [1.807, 2.05) is 12.1 Å². The minimum atomic E-state index is -1.19. The third kappa shape index (κ3) is 9.17. The molecule has 11 nitrogen and oxygen atoms in total. The van der Waals surface area contributed by atoms with Gasteiger partial charge in [-0.1, -0.05) is 72.3 Å². The molecular formula is C46H46ClN5O6. The molecule has 4 N–H and O–H groups in total. The van der Waals surface area contributed by atoms with E-state index in [1.165, 1.54) is 22.9 Å². The summed E-state index contributed by atoms with van der Waals surface area (Å²) >= 11 is 6.75. The number of hydrogen-bond acceptors (Lipinski definition) is 9. The number of nitrogens with one attached hydrogen (secondary N) is 2. The maximum Gasteiger partial charge on any atom is 0.323 e. The number of nitrogens with zero attached hydrogens (tertiary/aromatic N) is 3.